The minimum atomic E-state index is -0.544. The average molecular weight is 274 g/mol. The molecule has 1 fully saturated rings. The molecule has 1 amide bonds. The lowest BCUT2D eigenvalue weighted by Crippen LogP contribution is -2.33. The third kappa shape index (κ3) is 3.58. The molecular weight excluding hydrogens is 255 g/mol. The second kappa shape index (κ2) is 6.53. The van der Waals surface area contributed by atoms with Gasteiger partial charge in [0.05, 0.1) is 12.1 Å². The molecule has 0 bridgehead atoms. The summed E-state index contributed by atoms with van der Waals surface area (Å²) >= 11 is 0. The van der Waals surface area contributed by atoms with Crippen LogP contribution >= 0.6 is 0 Å². The fourth-order valence-corrected chi connectivity index (χ4v) is 2.53. The molecule has 1 aromatic rings. The van der Waals surface area contributed by atoms with E-state index in [1.54, 1.807) is 6.07 Å². The van der Waals surface area contributed by atoms with Crippen LogP contribution < -0.4 is 11.1 Å². The van der Waals surface area contributed by atoms with Gasteiger partial charge in [0.1, 0.15) is 5.82 Å². The van der Waals surface area contributed by atoms with E-state index in [1.807, 2.05) is 0 Å². The number of amides is 1. The lowest BCUT2D eigenvalue weighted by molar-refractivity contribution is 0.0933. The number of benzene rings is 1. The van der Waals surface area contributed by atoms with Gasteiger partial charge >= 0.3 is 0 Å². The van der Waals surface area contributed by atoms with Crippen LogP contribution in [-0.4, -0.2) is 18.5 Å². The molecule has 1 aliphatic rings. The van der Waals surface area contributed by atoms with Gasteiger partial charge in [-0.25, -0.2) is 4.39 Å². The van der Waals surface area contributed by atoms with E-state index in [1.165, 1.54) is 12.1 Å². The van der Waals surface area contributed by atoms with Gasteiger partial charge in [-0.15, -0.1) is 0 Å². The van der Waals surface area contributed by atoms with Crippen molar-refractivity contribution in [2.75, 3.05) is 6.54 Å². The van der Waals surface area contributed by atoms with E-state index in [2.05, 4.69) is 24.1 Å². The smallest absolute Gasteiger partial charge is 0.254 e. The number of rotatable bonds is 2. The van der Waals surface area contributed by atoms with Crippen LogP contribution in [0.25, 0.3) is 0 Å². The SMILES string of the molecule is CC1CCC(NC(=O)c2ccc(C#CCN)cc2F)C1. The second-order valence-corrected chi connectivity index (χ2v) is 5.29. The molecule has 0 aliphatic heterocycles. The van der Waals surface area contributed by atoms with Gasteiger partial charge in [-0.3, -0.25) is 4.79 Å². The second-order valence-electron chi connectivity index (χ2n) is 5.29. The summed E-state index contributed by atoms with van der Waals surface area (Å²) in [5.74, 6) is 5.13. The molecule has 1 aromatic carbocycles. The summed E-state index contributed by atoms with van der Waals surface area (Å²) in [6.07, 6.45) is 3.04. The minimum Gasteiger partial charge on any atom is -0.349 e. The zero-order valence-electron chi connectivity index (χ0n) is 11.6. The van der Waals surface area contributed by atoms with E-state index in [9.17, 15) is 9.18 Å². The molecule has 0 aromatic heterocycles. The molecule has 3 N–H and O–H groups in total. The average Bonchev–Trinajstić information content (AvgIpc) is 2.81. The molecular formula is C16H19FN2O. The van der Waals surface area contributed by atoms with Crippen molar-refractivity contribution in [3.63, 3.8) is 0 Å². The maximum Gasteiger partial charge on any atom is 0.254 e. The summed E-state index contributed by atoms with van der Waals surface area (Å²) in [5, 5.41) is 2.89. The van der Waals surface area contributed by atoms with E-state index >= 15 is 0 Å². The fraction of sp³-hybridized carbons (Fsp3) is 0.438. The Bertz CT molecular complexity index is 559. The zero-order chi connectivity index (χ0) is 14.5. The molecule has 2 unspecified atom stereocenters. The van der Waals surface area contributed by atoms with Gasteiger partial charge in [0.2, 0.25) is 0 Å². The van der Waals surface area contributed by atoms with Crippen LogP contribution in [-0.2, 0) is 0 Å². The van der Waals surface area contributed by atoms with Gasteiger partial charge in [-0.1, -0.05) is 18.8 Å². The van der Waals surface area contributed by atoms with E-state index in [0.29, 0.717) is 11.5 Å². The van der Waals surface area contributed by atoms with E-state index in [0.717, 1.165) is 19.3 Å². The summed E-state index contributed by atoms with van der Waals surface area (Å²) in [6, 6.07) is 4.55. The number of halogens is 1. The van der Waals surface area contributed by atoms with Crippen molar-refractivity contribution in [1.82, 2.24) is 5.32 Å². The molecule has 1 aliphatic carbocycles. The number of nitrogens with two attached hydrogens (primary N) is 1. The summed E-state index contributed by atoms with van der Waals surface area (Å²) in [4.78, 5) is 12.0. The minimum absolute atomic E-state index is 0.0721. The van der Waals surface area contributed by atoms with Gasteiger partial charge in [0.25, 0.3) is 5.91 Å². The van der Waals surface area contributed by atoms with Crippen molar-refractivity contribution in [2.45, 2.75) is 32.2 Å². The Labute approximate surface area is 118 Å². The Morgan fingerprint density at radius 2 is 2.30 bits per heavy atom. The van der Waals surface area contributed by atoms with E-state index < -0.39 is 5.82 Å². The van der Waals surface area contributed by atoms with Crippen LogP contribution in [0, 0.1) is 23.6 Å². The first kappa shape index (κ1) is 14.5. The highest BCUT2D eigenvalue weighted by Crippen LogP contribution is 2.25. The topological polar surface area (TPSA) is 55.1 Å². The number of hydrogen-bond acceptors (Lipinski definition) is 2. The first-order chi connectivity index (χ1) is 9.60. The summed E-state index contributed by atoms with van der Waals surface area (Å²) < 4.78 is 13.9. The highest BCUT2D eigenvalue weighted by atomic mass is 19.1. The standard InChI is InChI=1S/C16H19FN2O/c1-11-4-6-13(9-11)19-16(20)14-7-5-12(3-2-8-18)10-15(14)17/h5,7,10-11,13H,4,6,8-9,18H2,1H3,(H,19,20). The quantitative estimate of drug-likeness (QED) is 0.811. The van der Waals surface area contributed by atoms with E-state index in [4.69, 9.17) is 5.73 Å². The van der Waals surface area contributed by atoms with E-state index in [-0.39, 0.29) is 24.1 Å². The van der Waals surface area contributed by atoms with Crippen molar-refractivity contribution in [1.29, 1.82) is 0 Å². The summed E-state index contributed by atoms with van der Waals surface area (Å²) in [5.41, 5.74) is 5.86. The lowest BCUT2D eigenvalue weighted by atomic mass is 10.1. The third-order valence-electron chi connectivity index (χ3n) is 3.58. The maximum atomic E-state index is 13.9. The number of hydrogen-bond donors (Lipinski definition) is 2. The van der Waals surface area contributed by atoms with Gasteiger partial charge in [0.15, 0.2) is 0 Å². The normalized spacial score (nSPS) is 21.1. The molecule has 106 valence electrons. The number of carbonyl (C=O) groups excluding carboxylic acids is 1. The lowest BCUT2D eigenvalue weighted by Gasteiger charge is -2.12. The predicted octanol–water partition coefficient (Wildman–Crippen LogP) is 2.05. The van der Waals surface area contributed by atoms with Crippen LogP contribution in [0.5, 0.6) is 0 Å². The van der Waals surface area contributed by atoms with Gasteiger partial charge in [0, 0.05) is 11.6 Å². The Morgan fingerprint density at radius 1 is 1.50 bits per heavy atom. The van der Waals surface area contributed by atoms with Gasteiger partial charge in [-0.2, -0.15) is 0 Å². The first-order valence-corrected chi connectivity index (χ1v) is 6.89. The Hall–Kier alpha value is -1.86. The van der Waals surface area contributed by atoms with Crippen LogP contribution in [0.2, 0.25) is 0 Å². The molecule has 0 heterocycles. The third-order valence-corrected chi connectivity index (χ3v) is 3.58. The number of nitrogens with one attached hydrogen (secondary N) is 1. The predicted molar refractivity (Wildman–Crippen MR) is 76.6 cm³/mol. The Kier molecular flexibility index (Phi) is 4.75. The highest BCUT2D eigenvalue weighted by molar-refractivity contribution is 5.94. The van der Waals surface area contributed by atoms with Gasteiger partial charge in [-0.05, 0) is 43.4 Å². The van der Waals surface area contributed by atoms with Crippen LogP contribution in [0.15, 0.2) is 18.2 Å². The van der Waals surface area contributed by atoms with Crippen LogP contribution in [0.3, 0.4) is 0 Å². The zero-order valence-corrected chi connectivity index (χ0v) is 11.6. The molecule has 1 saturated carbocycles. The number of carbonyl (C=O) groups is 1. The van der Waals surface area contributed by atoms with Crippen LogP contribution in [0.4, 0.5) is 4.39 Å². The molecule has 20 heavy (non-hydrogen) atoms. The van der Waals surface area contributed by atoms with Crippen molar-refractivity contribution in [3.05, 3.63) is 35.1 Å². The van der Waals surface area contributed by atoms with Crippen molar-refractivity contribution < 1.29 is 9.18 Å². The maximum absolute atomic E-state index is 13.9. The Balaban J connectivity index is 2.06. The monoisotopic (exact) mass is 274 g/mol. The molecule has 3 nitrogen and oxygen atoms in total. The highest BCUT2D eigenvalue weighted by Gasteiger charge is 2.24. The first-order valence-electron chi connectivity index (χ1n) is 6.89. The Morgan fingerprint density at radius 3 is 2.90 bits per heavy atom. The summed E-state index contributed by atoms with van der Waals surface area (Å²) in [6.45, 7) is 2.39. The molecule has 2 atom stereocenters. The largest absolute Gasteiger partial charge is 0.349 e. The van der Waals surface area contributed by atoms with Crippen LogP contribution in [0.1, 0.15) is 42.1 Å². The molecule has 0 spiro atoms. The molecule has 2 rings (SSSR count). The fourth-order valence-electron chi connectivity index (χ4n) is 2.53. The van der Waals surface area contributed by atoms with Gasteiger partial charge < -0.3 is 11.1 Å². The molecule has 0 radical (unpaired) electrons. The summed E-state index contributed by atoms with van der Waals surface area (Å²) in [7, 11) is 0. The molecule has 0 saturated heterocycles. The van der Waals surface area contributed by atoms with Crippen molar-refractivity contribution >= 4 is 5.91 Å². The van der Waals surface area contributed by atoms with Crippen molar-refractivity contribution in [2.24, 2.45) is 11.7 Å². The molecule has 4 heteroatoms. The van der Waals surface area contributed by atoms with Crippen molar-refractivity contribution in [3.8, 4) is 11.8 Å².